The molecule has 0 unspecified atom stereocenters. The maximum absolute atomic E-state index is 11.6. The summed E-state index contributed by atoms with van der Waals surface area (Å²) < 4.78 is 0. The van der Waals surface area contributed by atoms with Gasteiger partial charge in [-0.05, 0) is 29.3 Å². The van der Waals surface area contributed by atoms with E-state index in [-0.39, 0.29) is 6.04 Å². The van der Waals surface area contributed by atoms with E-state index in [9.17, 15) is 9.90 Å². The van der Waals surface area contributed by atoms with Gasteiger partial charge in [-0.2, -0.15) is 0 Å². The predicted octanol–water partition coefficient (Wildman–Crippen LogP) is 3.51. The molecule has 2 atom stereocenters. The van der Waals surface area contributed by atoms with Gasteiger partial charge in [0.15, 0.2) is 0 Å². The molecule has 0 aliphatic carbocycles. The molecule has 1 aromatic heterocycles. The monoisotopic (exact) mass is 326 g/mol. The summed E-state index contributed by atoms with van der Waals surface area (Å²) in [7, 11) is 0. The number of H-pyrrole nitrogens is 1. The first-order valence-electron chi connectivity index (χ1n) is 7.47. The number of hydrogen-bond acceptors (Lipinski definition) is 2. The van der Waals surface area contributed by atoms with E-state index in [2.05, 4.69) is 10.3 Å². The molecule has 0 spiro atoms. The summed E-state index contributed by atoms with van der Waals surface area (Å²) in [4.78, 5) is 15.0. The van der Waals surface area contributed by atoms with E-state index >= 15 is 0 Å². The Balaban J connectivity index is 1.89. The number of aromatic amines is 1. The number of fused-ring (bicyclic) bond motifs is 3. The molecule has 2 heterocycles. The standard InChI is InChI=1S/C18H15ClN2O2/c19-11-7-5-10(6-8-11)16-17-13(9-15(21-16)18(22)23)12-3-1-2-4-14(12)20-17/h1-8,15-16,20-21H,9H2,(H,22,23)/t15-,16+/m0/s1. The van der Waals surface area contributed by atoms with Crippen LogP contribution < -0.4 is 5.32 Å². The summed E-state index contributed by atoms with van der Waals surface area (Å²) in [5, 5.41) is 14.5. The van der Waals surface area contributed by atoms with E-state index in [1.165, 1.54) is 0 Å². The summed E-state index contributed by atoms with van der Waals surface area (Å²) in [6, 6.07) is 14.7. The number of carboxylic acids is 1. The molecule has 0 saturated carbocycles. The summed E-state index contributed by atoms with van der Waals surface area (Å²) >= 11 is 5.97. The number of benzene rings is 2. The van der Waals surface area contributed by atoms with Crippen LogP contribution in [0.5, 0.6) is 0 Å². The van der Waals surface area contributed by atoms with Crippen LogP contribution in [0.3, 0.4) is 0 Å². The van der Waals surface area contributed by atoms with Gasteiger partial charge in [0, 0.05) is 28.0 Å². The number of nitrogens with one attached hydrogen (secondary N) is 2. The third-order valence-electron chi connectivity index (χ3n) is 4.41. The average Bonchev–Trinajstić information content (AvgIpc) is 2.93. The average molecular weight is 327 g/mol. The Morgan fingerprint density at radius 2 is 1.87 bits per heavy atom. The Hall–Kier alpha value is -2.30. The number of aliphatic carboxylic acids is 1. The molecule has 1 aliphatic rings. The zero-order valence-electron chi connectivity index (χ0n) is 12.2. The molecule has 3 N–H and O–H groups in total. The van der Waals surface area contributed by atoms with E-state index in [0.29, 0.717) is 11.4 Å². The van der Waals surface area contributed by atoms with Gasteiger partial charge in [0.2, 0.25) is 0 Å². The smallest absolute Gasteiger partial charge is 0.321 e. The van der Waals surface area contributed by atoms with Crippen LogP contribution in [0.1, 0.15) is 22.9 Å². The van der Waals surface area contributed by atoms with Gasteiger partial charge in [-0.3, -0.25) is 10.1 Å². The Morgan fingerprint density at radius 3 is 2.61 bits per heavy atom. The molecular formula is C18H15ClN2O2. The maximum Gasteiger partial charge on any atom is 0.321 e. The molecule has 4 rings (SSSR count). The second-order valence-corrected chi connectivity index (χ2v) is 6.25. The first kappa shape index (κ1) is 14.3. The van der Waals surface area contributed by atoms with Crippen molar-refractivity contribution < 1.29 is 9.90 Å². The number of rotatable bonds is 2. The van der Waals surface area contributed by atoms with Crippen LogP contribution in [0.25, 0.3) is 10.9 Å². The van der Waals surface area contributed by atoms with E-state index < -0.39 is 12.0 Å². The zero-order valence-corrected chi connectivity index (χ0v) is 13.0. The van der Waals surface area contributed by atoms with Crippen LogP contribution in [0, 0.1) is 0 Å². The molecule has 23 heavy (non-hydrogen) atoms. The minimum atomic E-state index is -0.833. The van der Waals surface area contributed by atoms with Gasteiger partial charge >= 0.3 is 5.97 Å². The number of carboxylic acid groups (broad SMARTS) is 1. The van der Waals surface area contributed by atoms with Crippen molar-refractivity contribution in [3.63, 3.8) is 0 Å². The zero-order chi connectivity index (χ0) is 16.0. The Labute approximate surface area is 138 Å². The normalized spacial score (nSPS) is 20.4. The molecule has 0 amide bonds. The molecule has 0 bridgehead atoms. The van der Waals surface area contributed by atoms with Crippen molar-refractivity contribution >= 4 is 28.5 Å². The number of aromatic nitrogens is 1. The lowest BCUT2D eigenvalue weighted by molar-refractivity contribution is -0.139. The highest BCUT2D eigenvalue weighted by Gasteiger charge is 2.33. The third kappa shape index (κ3) is 2.40. The number of para-hydroxylation sites is 1. The van der Waals surface area contributed by atoms with Crippen LogP contribution in [-0.2, 0) is 11.2 Å². The second kappa shape index (κ2) is 5.41. The van der Waals surface area contributed by atoms with Crippen molar-refractivity contribution in [3.8, 4) is 0 Å². The molecule has 116 valence electrons. The molecule has 0 fully saturated rings. The van der Waals surface area contributed by atoms with E-state index in [0.717, 1.165) is 27.7 Å². The second-order valence-electron chi connectivity index (χ2n) is 5.81. The Kier molecular flexibility index (Phi) is 3.36. The highest BCUT2D eigenvalue weighted by Crippen LogP contribution is 2.35. The molecule has 4 nitrogen and oxygen atoms in total. The van der Waals surface area contributed by atoms with Gasteiger partial charge in [-0.15, -0.1) is 0 Å². The van der Waals surface area contributed by atoms with Crippen LogP contribution in [0.15, 0.2) is 48.5 Å². The van der Waals surface area contributed by atoms with Gasteiger partial charge in [0.05, 0.1) is 6.04 Å². The van der Waals surface area contributed by atoms with Crippen LogP contribution in [0.2, 0.25) is 5.02 Å². The fraction of sp³-hybridized carbons (Fsp3) is 0.167. The van der Waals surface area contributed by atoms with Crippen LogP contribution in [-0.4, -0.2) is 22.1 Å². The largest absolute Gasteiger partial charge is 0.480 e. The van der Waals surface area contributed by atoms with Crippen molar-refractivity contribution in [2.24, 2.45) is 0 Å². The fourth-order valence-corrected chi connectivity index (χ4v) is 3.44. The molecular weight excluding hydrogens is 312 g/mol. The summed E-state index contributed by atoms with van der Waals surface area (Å²) in [6.07, 6.45) is 0.471. The minimum Gasteiger partial charge on any atom is -0.480 e. The lowest BCUT2D eigenvalue weighted by atomic mass is 9.90. The predicted molar refractivity (Wildman–Crippen MR) is 89.9 cm³/mol. The Bertz CT molecular complexity index is 886. The number of carbonyl (C=O) groups is 1. The summed E-state index contributed by atoms with van der Waals surface area (Å²) in [5.74, 6) is -0.833. The van der Waals surface area contributed by atoms with Gasteiger partial charge in [0.1, 0.15) is 6.04 Å². The molecule has 3 aromatic rings. The van der Waals surface area contributed by atoms with E-state index in [1.54, 1.807) is 0 Å². The first-order valence-corrected chi connectivity index (χ1v) is 7.85. The number of hydrogen-bond donors (Lipinski definition) is 3. The summed E-state index contributed by atoms with van der Waals surface area (Å²) in [5.41, 5.74) is 4.13. The SMILES string of the molecule is O=C(O)[C@@H]1Cc2c([nH]c3ccccc23)[C@@H](c2ccc(Cl)cc2)N1. The van der Waals surface area contributed by atoms with Crippen molar-refractivity contribution in [1.82, 2.24) is 10.3 Å². The highest BCUT2D eigenvalue weighted by molar-refractivity contribution is 6.30. The van der Waals surface area contributed by atoms with Gasteiger partial charge in [-0.25, -0.2) is 0 Å². The maximum atomic E-state index is 11.6. The lowest BCUT2D eigenvalue weighted by Crippen LogP contribution is -2.44. The third-order valence-corrected chi connectivity index (χ3v) is 4.66. The van der Waals surface area contributed by atoms with Crippen LogP contribution >= 0.6 is 11.6 Å². The number of halogens is 1. The van der Waals surface area contributed by atoms with Crippen LogP contribution in [0.4, 0.5) is 0 Å². The molecule has 1 aliphatic heterocycles. The Morgan fingerprint density at radius 1 is 1.13 bits per heavy atom. The van der Waals surface area contributed by atoms with E-state index in [4.69, 9.17) is 11.6 Å². The molecule has 0 saturated heterocycles. The van der Waals surface area contributed by atoms with E-state index in [1.807, 2.05) is 48.5 Å². The first-order chi connectivity index (χ1) is 11.1. The highest BCUT2D eigenvalue weighted by atomic mass is 35.5. The van der Waals surface area contributed by atoms with Gasteiger partial charge in [0.25, 0.3) is 0 Å². The van der Waals surface area contributed by atoms with Gasteiger partial charge in [-0.1, -0.05) is 41.9 Å². The van der Waals surface area contributed by atoms with Crippen molar-refractivity contribution in [1.29, 1.82) is 0 Å². The molecule has 2 aromatic carbocycles. The topological polar surface area (TPSA) is 65.1 Å². The minimum absolute atomic E-state index is 0.190. The molecule has 0 radical (unpaired) electrons. The van der Waals surface area contributed by atoms with Gasteiger partial charge < -0.3 is 10.1 Å². The quantitative estimate of drug-likeness (QED) is 0.675. The fourth-order valence-electron chi connectivity index (χ4n) is 3.31. The van der Waals surface area contributed by atoms with Crippen molar-refractivity contribution in [3.05, 3.63) is 70.4 Å². The summed E-state index contributed by atoms with van der Waals surface area (Å²) in [6.45, 7) is 0. The van der Waals surface area contributed by atoms with Crippen molar-refractivity contribution in [2.75, 3.05) is 0 Å². The molecule has 5 heteroatoms. The van der Waals surface area contributed by atoms with Crippen molar-refractivity contribution in [2.45, 2.75) is 18.5 Å². The lowest BCUT2D eigenvalue weighted by Gasteiger charge is -2.29.